The number of rotatable bonds is 0. The molecule has 3 heteroatoms. The van der Waals surface area contributed by atoms with Crippen molar-refractivity contribution in [3.63, 3.8) is 0 Å². The highest BCUT2D eigenvalue weighted by Gasteiger charge is 2.08. The minimum absolute atomic E-state index is 0.949. The van der Waals surface area contributed by atoms with Gasteiger partial charge in [0.15, 0.2) is 0 Å². The van der Waals surface area contributed by atoms with E-state index in [0.717, 1.165) is 21.8 Å². The van der Waals surface area contributed by atoms with Gasteiger partial charge in [-0.3, -0.25) is 4.99 Å². The quantitative estimate of drug-likeness (QED) is 0.538. The Labute approximate surface area is 68.5 Å². The minimum atomic E-state index is 0.949. The van der Waals surface area contributed by atoms with Crippen molar-refractivity contribution in [2.24, 2.45) is 15.2 Å². The number of hydrogen-bond acceptors (Lipinski definition) is 3. The van der Waals surface area contributed by atoms with E-state index in [4.69, 9.17) is 0 Å². The van der Waals surface area contributed by atoms with E-state index in [0.29, 0.717) is 0 Å². The molecular formula is C9H5N3. The predicted molar refractivity (Wildman–Crippen MR) is 45.2 cm³/mol. The molecule has 0 fully saturated rings. The largest absolute Gasteiger partial charge is 0.256 e. The SMILES string of the molecule is C1=Cc2c3c(ccc2=N1)=CN=N3. The van der Waals surface area contributed by atoms with E-state index in [1.54, 1.807) is 12.4 Å². The van der Waals surface area contributed by atoms with Crippen molar-refractivity contribution in [3.05, 3.63) is 34.5 Å². The molecule has 3 rings (SSSR count). The van der Waals surface area contributed by atoms with Crippen LogP contribution in [0.1, 0.15) is 5.56 Å². The summed E-state index contributed by atoms with van der Waals surface area (Å²) in [6.45, 7) is 0. The molecule has 1 aromatic carbocycles. The van der Waals surface area contributed by atoms with Gasteiger partial charge in [-0.1, -0.05) is 0 Å². The van der Waals surface area contributed by atoms with Gasteiger partial charge in [-0.05, 0) is 18.2 Å². The molecule has 0 unspecified atom stereocenters. The Kier molecular flexibility index (Phi) is 0.913. The Bertz CT molecular complexity index is 474. The highest BCUT2D eigenvalue weighted by Crippen LogP contribution is 2.17. The highest BCUT2D eigenvalue weighted by atomic mass is 15.1. The number of nitrogens with zero attached hydrogens (tertiary/aromatic N) is 3. The summed E-state index contributed by atoms with van der Waals surface area (Å²) in [5.41, 5.74) is 2.04. The second kappa shape index (κ2) is 1.88. The summed E-state index contributed by atoms with van der Waals surface area (Å²) >= 11 is 0. The highest BCUT2D eigenvalue weighted by molar-refractivity contribution is 5.67. The molecule has 2 aliphatic rings. The molecule has 0 aromatic heterocycles. The lowest BCUT2D eigenvalue weighted by molar-refractivity contribution is 1.29. The first kappa shape index (κ1) is 5.83. The molecule has 56 valence electrons. The van der Waals surface area contributed by atoms with E-state index in [1.807, 2.05) is 18.2 Å². The summed E-state index contributed by atoms with van der Waals surface area (Å²) in [7, 11) is 0. The van der Waals surface area contributed by atoms with Crippen LogP contribution in [-0.2, 0) is 0 Å². The van der Waals surface area contributed by atoms with Crippen molar-refractivity contribution in [3.8, 4) is 0 Å². The number of benzene rings is 1. The van der Waals surface area contributed by atoms with Gasteiger partial charge in [-0.15, -0.1) is 5.11 Å². The summed E-state index contributed by atoms with van der Waals surface area (Å²) in [4.78, 5) is 4.18. The topological polar surface area (TPSA) is 37.1 Å². The van der Waals surface area contributed by atoms with Gasteiger partial charge in [0.25, 0.3) is 0 Å². The average Bonchev–Trinajstić information content (AvgIpc) is 2.71. The van der Waals surface area contributed by atoms with Crippen molar-refractivity contribution < 1.29 is 0 Å². The van der Waals surface area contributed by atoms with Gasteiger partial charge in [0.2, 0.25) is 0 Å². The van der Waals surface area contributed by atoms with Crippen LogP contribution in [0.4, 0.5) is 5.69 Å². The molecule has 2 aliphatic heterocycles. The van der Waals surface area contributed by atoms with Crippen molar-refractivity contribution in [2.75, 3.05) is 0 Å². The standard InChI is InChI=1S/C9H5N3/c1-2-8-7(3-4-10-8)9-6(1)5-11-12-9/h1-5H. The van der Waals surface area contributed by atoms with Crippen LogP contribution in [-0.4, -0.2) is 0 Å². The molecule has 0 atom stereocenters. The van der Waals surface area contributed by atoms with Gasteiger partial charge < -0.3 is 0 Å². The maximum atomic E-state index is 4.18. The maximum Gasteiger partial charge on any atom is 0.104 e. The van der Waals surface area contributed by atoms with Crippen molar-refractivity contribution >= 4 is 18.0 Å². The summed E-state index contributed by atoms with van der Waals surface area (Å²) in [6, 6.07) is 3.98. The summed E-state index contributed by atoms with van der Waals surface area (Å²) in [6.07, 6.45) is 5.52. The molecule has 0 aliphatic carbocycles. The number of azo groups is 1. The molecule has 1 aromatic rings. The van der Waals surface area contributed by atoms with E-state index in [-0.39, 0.29) is 0 Å². The second-order valence-corrected chi connectivity index (χ2v) is 2.73. The van der Waals surface area contributed by atoms with Crippen LogP contribution >= 0.6 is 0 Å². The zero-order chi connectivity index (χ0) is 7.97. The third-order valence-corrected chi connectivity index (χ3v) is 2.03. The van der Waals surface area contributed by atoms with Gasteiger partial charge in [0, 0.05) is 17.0 Å². The Balaban J connectivity index is 2.57. The van der Waals surface area contributed by atoms with Crippen LogP contribution in [0.3, 0.4) is 0 Å². The molecule has 0 bridgehead atoms. The van der Waals surface area contributed by atoms with Gasteiger partial charge in [-0.25, -0.2) is 0 Å². The van der Waals surface area contributed by atoms with E-state index < -0.39 is 0 Å². The Morgan fingerprint density at radius 3 is 3.17 bits per heavy atom. The Hall–Kier alpha value is -1.77. The van der Waals surface area contributed by atoms with Gasteiger partial charge in [-0.2, -0.15) is 5.11 Å². The van der Waals surface area contributed by atoms with Gasteiger partial charge in [0.05, 0.1) is 11.6 Å². The van der Waals surface area contributed by atoms with Crippen molar-refractivity contribution in [1.82, 2.24) is 0 Å². The molecule has 2 heterocycles. The summed E-state index contributed by atoms with van der Waals surface area (Å²) in [5, 5.41) is 9.95. The lowest BCUT2D eigenvalue weighted by Gasteiger charge is -1.93. The first-order valence-corrected chi connectivity index (χ1v) is 3.73. The van der Waals surface area contributed by atoms with Gasteiger partial charge in [0.1, 0.15) is 5.69 Å². The molecule has 0 saturated heterocycles. The summed E-state index contributed by atoms with van der Waals surface area (Å²) in [5.74, 6) is 0. The van der Waals surface area contributed by atoms with Crippen LogP contribution in [0.5, 0.6) is 0 Å². The van der Waals surface area contributed by atoms with Crippen molar-refractivity contribution in [2.45, 2.75) is 0 Å². The first-order valence-electron chi connectivity index (χ1n) is 3.73. The van der Waals surface area contributed by atoms with E-state index in [9.17, 15) is 0 Å². The predicted octanol–water partition coefficient (Wildman–Crippen LogP) is 1.13. The zero-order valence-corrected chi connectivity index (χ0v) is 6.23. The van der Waals surface area contributed by atoms with Crippen LogP contribution in [0.25, 0.3) is 12.3 Å². The molecule has 0 radical (unpaired) electrons. The molecule has 0 amide bonds. The Morgan fingerprint density at radius 2 is 2.17 bits per heavy atom. The number of fused-ring (bicyclic) bond motifs is 3. The first-order chi connectivity index (χ1) is 5.95. The molecule has 0 saturated carbocycles. The van der Waals surface area contributed by atoms with E-state index in [1.165, 1.54) is 0 Å². The Morgan fingerprint density at radius 1 is 1.17 bits per heavy atom. The molecule has 0 spiro atoms. The third kappa shape index (κ3) is 0.580. The fourth-order valence-electron chi connectivity index (χ4n) is 1.45. The smallest absolute Gasteiger partial charge is 0.104 e. The average molecular weight is 155 g/mol. The molecule has 3 nitrogen and oxygen atoms in total. The fourth-order valence-corrected chi connectivity index (χ4v) is 1.45. The second-order valence-electron chi connectivity index (χ2n) is 2.73. The van der Waals surface area contributed by atoms with Crippen LogP contribution in [0.2, 0.25) is 0 Å². The maximum absolute atomic E-state index is 4.18. The number of hydrogen-bond donors (Lipinski definition) is 0. The third-order valence-electron chi connectivity index (χ3n) is 2.03. The lowest BCUT2D eigenvalue weighted by atomic mass is 10.1. The van der Waals surface area contributed by atoms with E-state index in [2.05, 4.69) is 15.2 Å². The van der Waals surface area contributed by atoms with Gasteiger partial charge >= 0.3 is 0 Å². The normalized spacial score (nSPS) is 15.3. The van der Waals surface area contributed by atoms with Crippen LogP contribution in [0.15, 0.2) is 33.6 Å². The minimum Gasteiger partial charge on any atom is -0.256 e. The molecular weight excluding hydrogens is 150 g/mol. The zero-order valence-electron chi connectivity index (χ0n) is 6.23. The lowest BCUT2D eigenvalue weighted by Crippen LogP contribution is -2.09. The molecule has 12 heavy (non-hydrogen) atoms. The van der Waals surface area contributed by atoms with E-state index >= 15 is 0 Å². The monoisotopic (exact) mass is 155 g/mol. The molecule has 0 N–H and O–H groups in total. The summed E-state index contributed by atoms with van der Waals surface area (Å²) < 4.78 is 0. The van der Waals surface area contributed by atoms with Crippen molar-refractivity contribution in [1.29, 1.82) is 0 Å². The van der Waals surface area contributed by atoms with Crippen LogP contribution in [0, 0.1) is 0 Å². The fraction of sp³-hybridized carbons (Fsp3) is 0. The van der Waals surface area contributed by atoms with Crippen LogP contribution < -0.4 is 10.6 Å².